The number of carbonyl (C=O) groups is 2. The largest absolute Gasteiger partial charge is 0.326 e. The number of halogens is 1. The average molecular weight is 212 g/mol. The van der Waals surface area contributed by atoms with Gasteiger partial charge in [0, 0.05) is 0 Å². The van der Waals surface area contributed by atoms with Gasteiger partial charge >= 0.3 is 6.03 Å². The Morgan fingerprint density at radius 2 is 2.27 bits per heavy atom. The van der Waals surface area contributed by atoms with Gasteiger partial charge in [0.2, 0.25) is 0 Å². The summed E-state index contributed by atoms with van der Waals surface area (Å²) in [7, 11) is 0. The van der Waals surface area contributed by atoms with Crippen molar-refractivity contribution in [2.75, 3.05) is 0 Å². The van der Waals surface area contributed by atoms with Crippen LogP contribution >= 0.6 is 0 Å². The Morgan fingerprint density at radius 3 is 2.80 bits per heavy atom. The fraction of sp³-hybridized carbons (Fsp3) is 0.400. The number of hydrogen-bond acceptors (Lipinski definition) is 2. The maximum Gasteiger partial charge on any atom is 0.322 e. The van der Waals surface area contributed by atoms with Crippen molar-refractivity contribution < 1.29 is 14.0 Å². The minimum atomic E-state index is -0.580. The van der Waals surface area contributed by atoms with Crippen LogP contribution in [0, 0.1) is 0 Å². The van der Waals surface area contributed by atoms with Crippen LogP contribution in [-0.4, -0.2) is 18.0 Å². The summed E-state index contributed by atoms with van der Waals surface area (Å²) >= 11 is 0. The van der Waals surface area contributed by atoms with E-state index in [4.69, 9.17) is 0 Å². The Balaban J connectivity index is 2.40. The highest BCUT2D eigenvalue weighted by Gasteiger charge is 2.27. The standard InChI is InChI=1S/C10H13FN2O2/c1-2-4-7(11)5-3-6-8-9(14)13-10(15)12-8/h3-5,8H,2,6H2,1H3,(H2,12,13,14,15)/b5-3-,7-4+. The Kier molecular flexibility index (Phi) is 4.03. The van der Waals surface area contributed by atoms with Crippen LogP contribution in [0.4, 0.5) is 9.18 Å². The predicted molar refractivity (Wildman–Crippen MR) is 53.7 cm³/mol. The lowest BCUT2D eigenvalue weighted by Gasteiger charge is -2.00. The lowest BCUT2D eigenvalue weighted by molar-refractivity contribution is -0.120. The number of hydrogen-bond donors (Lipinski definition) is 2. The molecule has 0 aromatic rings. The van der Waals surface area contributed by atoms with E-state index in [9.17, 15) is 14.0 Å². The van der Waals surface area contributed by atoms with Crippen LogP contribution in [0.25, 0.3) is 0 Å². The van der Waals surface area contributed by atoms with Crippen LogP contribution in [0.5, 0.6) is 0 Å². The molecule has 1 fully saturated rings. The molecule has 1 aliphatic rings. The third-order valence-electron chi connectivity index (χ3n) is 1.91. The summed E-state index contributed by atoms with van der Waals surface area (Å²) < 4.78 is 12.8. The molecule has 0 aliphatic carbocycles. The average Bonchev–Trinajstić information content (AvgIpc) is 2.46. The Labute approximate surface area is 87.2 Å². The molecule has 4 nitrogen and oxygen atoms in total. The van der Waals surface area contributed by atoms with Gasteiger partial charge in [-0.2, -0.15) is 0 Å². The van der Waals surface area contributed by atoms with E-state index in [1.807, 2.05) is 6.92 Å². The van der Waals surface area contributed by atoms with Crippen molar-refractivity contribution in [2.24, 2.45) is 0 Å². The zero-order chi connectivity index (χ0) is 11.3. The summed E-state index contributed by atoms with van der Waals surface area (Å²) in [5, 5.41) is 4.52. The Morgan fingerprint density at radius 1 is 1.53 bits per heavy atom. The van der Waals surface area contributed by atoms with E-state index < -0.39 is 12.1 Å². The van der Waals surface area contributed by atoms with E-state index >= 15 is 0 Å². The Bertz CT molecular complexity index is 323. The monoisotopic (exact) mass is 212 g/mol. The summed E-state index contributed by atoms with van der Waals surface area (Å²) in [6, 6.07) is -1.08. The van der Waals surface area contributed by atoms with Crippen molar-refractivity contribution in [3.63, 3.8) is 0 Å². The zero-order valence-corrected chi connectivity index (χ0v) is 8.42. The molecule has 3 amide bonds. The van der Waals surface area contributed by atoms with Crippen molar-refractivity contribution >= 4 is 11.9 Å². The second-order valence-corrected chi connectivity index (χ2v) is 3.15. The number of amides is 3. The van der Waals surface area contributed by atoms with E-state index in [1.165, 1.54) is 18.2 Å². The Hall–Kier alpha value is -1.65. The van der Waals surface area contributed by atoms with Gasteiger partial charge in [-0.1, -0.05) is 13.0 Å². The highest BCUT2D eigenvalue weighted by molar-refractivity contribution is 6.04. The molecule has 0 aromatic carbocycles. The third-order valence-corrected chi connectivity index (χ3v) is 1.91. The molecule has 0 saturated carbocycles. The molecule has 0 bridgehead atoms. The quantitative estimate of drug-likeness (QED) is 0.546. The van der Waals surface area contributed by atoms with E-state index in [1.54, 1.807) is 0 Å². The fourth-order valence-electron chi connectivity index (χ4n) is 1.20. The van der Waals surface area contributed by atoms with Gasteiger partial charge in [-0.25, -0.2) is 9.18 Å². The van der Waals surface area contributed by atoms with Crippen LogP contribution in [0.2, 0.25) is 0 Å². The van der Waals surface area contributed by atoms with Gasteiger partial charge < -0.3 is 5.32 Å². The van der Waals surface area contributed by atoms with Crippen molar-refractivity contribution in [3.05, 3.63) is 24.1 Å². The molecule has 5 heteroatoms. The van der Waals surface area contributed by atoms with Crippen LogP contribution in [-0.2, 0) is 4.79 Å². The van der Waals surface area contributed by atoms with E-state index in [-0.39, 0.29) is 11.7 Å². The molecule has 0 spiro atoms. The molecule has 2 N–H and O–H groups in total. The minimum absolute atomic E-state index is 0.294. The van der Waals surface area contributed by atoms with E-state index in [0.717, 1.165) is 0 Å². The third kappa shape index (κ3) is 3.53. The maximum absolute atomic E-state index is 12.8. The molecule has 1 atom stereocenters. The second-order valence-electron chi connectivity index (χ2n) is 3.15. The first-order valence-corrected chi connectivity index (χ1v) is 4.77. The summed E-state index contributed by atoms with van der Waals surface area (Å²) in [5.41, 5.74) is 0. The van der Waals surface area contributed by atoms with Crippen LogP contribution < -0.4 is 10.6 Å². The van der Waals surface area contributed by atoms with Gasteiger partial charge in [0.1, 0.15) is 11.9 Å². The van der Waals surface area contributed by atoms with Crippen molar-refractivity contribution in [1.29, 1.82) is 0 Å². The highest BCUT2D eigenvalue weighted by Crippen LogP contribution is 2.04. The molecular weight excluding hydrogens is 199 g/mol. The molecule has 1 heterocycles. The number of carbonyl (C=O) groups excluding carboxylic acids is 2. The first kappa shape index (κ1) is 11.4. The first-order valence-electron chi connectivity index (χ1n) is 4.77. The van der Waals surface area contributed by atoms with E-state index in [2.05, 4.69) is 10.6 Å². The lowest BCUT2D eigenvalue weighted by Crippen LogP contribution is -2.27. The molecule has 0 radical (unpaired) electrons. The number of imide groups is 1. The predicted octanol–water partition coefficient (Wildman–Crippen LogP) is 1.40. The van der Waals surface area contributed by atoms with Crippen LogP contribution in [0.1, 0.15) is 19.8 Å². The molecule has 1 unspecified atom stereocenters. The summed E-state index contributed by atoms with van der Waals surface area (Å²) in [6.07, 6.45) is 5.17. The second kappa shape index (κ2) is 5.29. The van der Waals surface area contributed by atoms with Gasteiger partial charge in [0.25, 0.3) is 5.91 Å². The summed E-state index contributed by atoms with van der Waals surface area (Å²) in [6.45, 7) is 1.83. The normalized spacial score (nSPS) is 22.0. The van der Waals surface area contributed by atoms with Gasteiger partial charge in [-0.3, -0.25) is 10.1 Å². The van der Waals surface area contributed by atoms with Gasteiger partial charge in [0.15, 0.2) is 0 Å². The van der Waals surface area contributed by atoms with Crippen LogP contribution in [0.3, 0.4) is 0 Å². The highest BCUT2D eigenvalue weighted by atomic mass is 19.1. The van der Waals surface area contributed by atoms with Crippen LogP contribution in [0.15, 0.2) is 24.1 Å². The van der Waals surface area contributed by atoms with E-state index in [0.29, 0.717) is 12.8 Å². The fourth-order valence-corrected chi connectivity index (χ4v) is 1.20. The molecule has 1 rings (SSSR count). The molecule has 1 saturated heterocycles. The lowest BCUT2D eigenvalue weighted by atomic mass is 10.2. The molecule has 82 valence electrons. The smallest absolute Gasteiger partial charge is 0.322 e. The molecular formula is C10H13FN2O2. The van der Waals surface area contributed by atoms with Gasteiger partial charge in [-0.15, -0.1) is 0 Å². The van der Waals surface area contributed by atoms with Crippen molar-refractivity contribution in [2.45, 2.75) is 25.8 Å². The van der Waals surface area contributed by atoms with Gasteiger partial charge in [-0.05, 0) is 25.0 Å². The maximum atomic E-state index is 12.8. The topological polar surface area (TPSA) is 58.2 Å². The summed E-state index contributed by atoms with van der Waals surface area (Å²) in [5.74, 6) is -0.702. The minimum Gasteiger partial charge on any atom is -0.326 e. The number of allylic oxidation sites excluding steroid dienone is 3. The van der Waals surface area contributed by atoms with Gasteiger partial charge in [0.05, 0.1) is 0 Å². The van der Waals surface area contributed by atoms with Crippen molar-refractivity contribution in [3.8, 4) is 0 Å². The SMILES string of the molecule is CC/C=C(F)\C=C/CC1NC(=O)NC1=O. The number of urea groups is 1. The molecule has 15 heavy (non-hydrogen) atoms. The zero-order valence-electron chi connectivity index (χ0n) is 8.42. The molecule has 0 aromatic heterocycles. The number of nitrogens with one attached hydrogen (secondary N) is 2. The molecule has 1 aliphatic heterocycles. The number of rotatable bonds is 4. The summed E-state index contributed by atoms with van der Waals surface area (Å²) in [4.78, 5) is 21.8. The first-order chi connectivity index (χ1) is 7.13. The van der Waals surface area contributed by atoms with Crippen molar-refractivity contribution in [1.82, 2.24) is 10.6 Å².